The topological polar surface area (TPSA) is 92.4 Å². The Balaban J connectivity index is 2.90. The molecule has 1 atom stereocenters. The van der Waals surface area contributed by atoms with Crippen molar-refractivity contribution in [3.8, 4) is 0 Å². The van der Waals surface area contributed by atoms with Crippen molar-refractivity contribution < 1.29 is 19.1 Å². The summed E-state index contributed by atoms with van der Waals surface area (Å²) in [6.45, 7) is 2.05. The van der Waals surface area contributed by atoms with Crippen molar-refractivity contribution in [3.05, 3.63) is 29.6 Å². The SMILES string of the molecule is CC(CCN)C(=O)Nc1ccc(F)cc1C(=O)O. The minimum Gasteiger partial charge on any atom is -0.478 e. The summed E-state index contributed by atoms with van der Waals surface area (Å²) in [7, 11) is 0. The molecule has 0 aliphatic heterocycles. The van der Waals surface area contributed by atoms with Crippen LogP contribution in [0.5, 0.6) is 0 Å². The predicted molar refractivity (Wildman–Crippen MR) is 64.8 cm³/mol. The van der Waals surface area contributed by atoms with Crippen LogP contribution in [0.25, 0.3) is 0 Å². The standard InChI is InChI=1S/C12H15FN2O3/c1-7(4-5-14)11(16)15-10-3-2-8(13)6-9(10)12(17)18/h2-3,6-7H,4-5,14H2,1H3,(H,15,16)(H,17,18). The van der Waals surface area contributed by atoms with Crippen LogP contribution in [0.4, 0.5) is 10.1 Å². The Bertz CT molecular complexity index is 463. The molecular formula is C12H15FN2O3. The number of halogens is 1. The molecule has 0 aromatic heterocycles. The van der Waals surface area contributed by atoms with Crippen LogP contribution in [-0.2, 0) is 4.79 Å². The summed E-state index contributed by atoms with van der Waals surface area (Å²) in [6.07, 6.45) is 0.495. The van der Waals surface area contributed by atoms with Crippen LogP contribution >= 0.6 is 0 Å². The van der Waals surface area contributed by atoms with E-state index in [2.05, 4.69) is 5.32 Å². The molecule has 1 aromatic rings. The number of hydrogen-bond donors (Lipinski definition) is 3. The first-order valence-corrected chi connectivity index (χ1v) is 5.49. The van der Waals surface area contributed by atoms with E-state index in [1.165, 1.54) is 6.07 Å². The third-order valence-corrected chi connectivity index (χ3v) is 2.52. The highest BCUT2D eigenvalue weighted by Gasteiger charge is 2.17. The van der Waals surface area contributed by atoms with E-state index in [1.54, 1.807) is 6.92 Å². The highest BCUT2D eigenvalue weighted by Crippen LogP contribution is 2.18. The molecule has 1 rings (SSSR count). The van der Waals surface area contributed by atoms with Crippen LogP contribution in [-0.4, -0.2) is 23.5 Å². The van der Waals surface area contributed by atoms with E-state index < -0.39 is 11.8 Å². The lowest BCUT2D eigenvalue weighted by molar-refractivity contribution is -0.119. The molecule has 0 aliphatic rings. The Morgan fingerprint density at radius 3 is 2.72 bits per heavy atom. The van der Waals surface area contributed by atoms with E-state index in [4.69, 9.17) is 10.8 Å². The fourth-order valence-electron chi connectivity index (χ4n) is 1.44. The van der Waals surface area contributed by atoms with E-state index in [9.17, 15) is 14.0 Å². The summed E-state index contributed by atoms with van der Waals surface area (Å²) in [4.78, 5) is 22.6. The molecule has 0 saturated carbocycles. The van der Waals surface area contributed by atoms with Crippen LogP contribution in [0.3, 0.4) is 0 Å². The molecule has 0 bridgehead atoms. The van der Waals surface area contributed by atoms with Gasteiger partial charge in [0.2, 0.25) is 5.91 Å². The number of carbonyl (C=O) groups excluding carboxylic acids is 1. The second-order valence-electron chi connectivity index (χ2n) is 3.96. The first-order valence-electron chi connectivity index (χ1n) is 5.49. The fraction of sp³-hybridized carbons (Fsp3) is 0.333. The molecule has 1 aromatic carbocycles. The fourth-order valence-corrected chi connectivity index (χ4v) is 1.44. The Morgan fingerprint density at radius 2 is 2.17 bits per heavy atom. The zero-order valence-electron chi connectivity index (χ0n) is 9.94. The minimum atomic E-state index is -1.30. The molecule has 5 nitrogen and oxygen atoms in total. The molecule has 18 heavy (non-hydrogen) atoms. The second-order valence-corrected chi connectivity index (χ2v) is 3.96. The van der Waals surface area contributed by atoms with Crippen LogP contribution in [0.1, 0.15) is 23.7 Å². The van der Waals surface area contributed by atoms with Crippen molar-refractivity contribution in [2.24, 2.45) is 11.7 Å². The number of carbonyl (C=O) groups is 2. The van der Waals surface area contributed by atoms with Gasteiger partial charge in [0.1, 0.15) is 5.82 Å². The summed E-state index contributed by atoms with van der Waals surface area (Å²) in [5.41, 5.74) is 5.14. The number of carboxylic acids is 1. The largest absolute Gasteiger partial charge is 0.478 e. The zero-order valence-corrected chi connectivity index (χ0v) is 9.94. The first kappa shape index (κ1) is 14.1. The number of anilines is 1. The van der Waals surface area contributed by atoms with Crippen molar-refractivity contribution in [2.45, 2.75) is 13.3 Å². The molecule has 98 valence electrons. The summed E-state index contributed by atoms with van der Waals surface area (Å²) >= 11 is 0. The maximum Gasteiger partial charge on any atom is 0.337 e. The number of nitrogens with two attached hydrogens (primary N) is 1. The van der Waals surface area contributed by atoms with Crippen molar-refractivity contribution in [2.75, 3.05) is 11.9 Å². The molecule has 6 heteroatoms. The molecular weight excluding hydrogens is 239 g/mol. The van der Waals surface area contributed by atoms with Gasteiger partial charge in [-0.05, 0) is 31.2 Å². The van der Waals surface area contributed by atoms with Crippen molar-refractivity contribution >= 4 is 17.6 Å². The van der Waals surface area contributed by atoms with E-state index in [-0.39, 0.29) is 23.1 Å². The van der Waals surface area contributed by atoms with Gasteiger partial charge in [0, 0.05) is 5.92 Å². The van der Waals surface area contributed by atoms with Gasteiger partial charge in [0.15, 0.2) is 0 Å². The molecule has 4 N–H and O–H groups in total. The van der Waals surface area contributed by atoms with E-state index >= 15 is 0 Å². The van der Waals surface area contributed by atoms with Crippen molar-refractivity contribution in [1.82, 2.24) is 0 Å². The van der Waals surface area contributed by atoms with Crippen molar-refractivity contribution in [3.63, 3.8) is 0 Å². The van der Waals surface area contributed by atoms with Gasteiger partial charge >= 0.3 is 5.97 Å². The van der Waals surface area contributed by atoms with Gasteiger partial charge in [-0.3, -0.25) is 4.79 Å². The monoisotopic (exact) mass is 254 g/mol. The minimum absolute atomic E-state index is 0.0813. The molecule has 0 aliphatic carbocycles. The van der Waals surface area contributed by atoms with Crippen LogP contribution in [0.15, 0.2) is 18.2 Å². The smallest absolute Gasteiger partial charge is 0.337 e. The third-order valence-electron chi connectivity index (χ3n) is 2.52. The highest BCUT2D eigenvalue weighted by atomic mass is 19.1. The number of benzene rings is 1. The van der Waals surface area contributed by atoms with Crippen LogP contribution in [0, 0.1) is 11.7 Å². The lowest BCUT2D eigenvalue weighted by Crippen LogP contribution is -2.23. The lowest BCUT2D eigenvalue weighted by Gasteiger charge is -2.12. The van der Waals surface area contributed by atoms with E-state index in [0.717, 1.165) is 12.1 Å². The van der Waals surface area contributed by atoms with Gasteiger partial charge < -0.3 is 16.2 Å². The number of aromatic carboxylic acids is 1. The Labute approximate surface area is 104 Å². The van der Waals surface area contributed by atoms with E-state index in [1.807, 2.05) is 0 Å². The molecule has 0 fully saturated rings. The average Bonchev–Trinajstić information content (AvgIpc) is 2.31. The summed E-state index contributed by atoms with van der Waals surface area (Å²) in [5, 5.41) is 11.4. The molecule has 1 unspecified atom stereocenters. The van der Waals surface area contributed by atoms with Gasteiger partial charge in [-0.25, -0.2) is 9.18 Å². The van der Waals surface area contributed by atoms with Gasteiger partial charge in [-0.1, -0.05) is 6.92 Å². The number of carboxylic acid groups (broad SMARTS) is 1. The van der Waals surface area contributed by atoms with Gasteiger partial charge in [-0.15, -0.1) is 0 Å². The number of amides is 1. The van der Waals surface area contributed by atoms with Crippen LogP contribution < -0.4 is 11.1 Å². The normalized spacial score (nSPS) is 11.9. The van der Waals surface area contributed by atoms with E-state index in [0.29, 0.717) is 13.0 Å². The highest BCUT2D eigenvalue weighted by molar-refractivity contribution is 6.01. The average molecular weight is 254 g/mol. The second kappa shape index (κ2) is 6.11. The molecule has 0 radical (unpaired) electrons. The Kier molecular flexibility index (Phi) is 4.79. The molecule has 0 spiro atoms. The number of hydrogen-bond acceptors (Lipinski definition) is 3. The first-order chi connectivity index (χ1) is 8.45. The maximum atomic E-state index is 12.9. The third kappa shape index (κ3) is 3.53. The molecule has 0 heterocycles. The van der Waals surface area contributed by atoms with Gasteiger partial charge in [0.25, 0.3) is 0 Å². The quantitative estimate of drug-likeness (QED) is 0.741. The number of nitrogens with one attached hydrogen (secondary N) is 1. The number of rotatable bonds is 5. The molecule has 1 amide bonds. The lowest BCUT2D eigenvalue weighted by atomic mass is 10.1. The predicted octanol–water partition coefficient (Wildman–Crippen LogP) is 1.45. The molecule has 0 saturated heterocycles. The Morgan fingerprint density at radius 1 is 1.50 bits per heavy atom. The van der Waals surface area contributed by atoms with Gasteiger partial charge in [-0.2, -0.15) is 0 Å². The maximum absolute atomic E-state index is 12.9. The zero-order chi connectivity index (χ0) is 13.7. The van der Waals surface area contributed by atoms with Crippen molar-refractivity contribution in [1.29, 1.82) is 0 Å². The van der Waals surface area contributed by atoms with Gasteiger partial charge in [0.05, 0.1) is 11.3 Å². The van der Waals surface area contributed by atoms with Crippen LogP contribution in [0.2, 0.25) is 0 Å². The Hall–Kier alpha value is -1.95. The summed E-state index contributed by atoms with van der Waals surface area (Å²) in [5.74, 6) is -2.63. The summed E-state index contributed by atoms with van der Waals surface area (Å²) in [6, 6.07) is 3.19. The summed E-state index contributed by atoms with van der Waals surface area (Å²) < 4.78 is 12.9.